The molecule has 0 aliphatic rings. The van der Waals surface area contributed by atoms with Crippen molar-refractivity contribution in [2.75, 3.05) is 6.54 Å². The quantitative estimate of drug-likeness (QED) is 0.793. The maximum atomic E-state index is 9.94. The lowest BCUT2D eigenvalue weighted by Crippen LogP contribution is -2.31. The molecular formula is C13H21NO. The summed E-state index contributed by atoms with van der Waals surface area (Å²) in [6.45, 7) is 6.38. The SMILES string of the molecule is CC(C)Cc1ccc(C(C)(O)CN)cc1. The largest absolute Gasteiger partial charge is 0.384 e. The van der Waals surface area contributed by atoms with Crippen LogP contribution in [0.5, 0.6) is 0 Å². The molecule has 84 valence electrons. The van der Waals surface area contributed by atoms with Gasteiger partial charge in [-0.15, -0.1) is 0 Å². The fraction of sp³-hybridized carbons (Fsp3) is 0.538. The first-order valence-electron chi connectivity index (χ1n) is 5.47. The number of aliphatic hydroxyl groups is 1. The minimum absolute atomic E-state index is 0.247. The van der Waals surface area contributed by atoms with E-state index in [1.165, 1.54) is 5.56 Å². The van der Waals surface area contributed by atoms with Gasteiger partial charge in [-0.3, -0.25) is 0 Å². The van der Waals surface area contributed by atoms with Crippen LogP contribution in [0.15, 0.2) is 24.3 Å². The fourth-order valence-electron chi connectivity index (χ4n) is 1.59. The second kappa shape index (κ2) is 4.77. The highest BCUT2D eigenvalue weighted by Gasteiger charge is 2.20. The van der Waals surface area contributed by atoms with E-state index in [1.54, 1.807) is 6.92 Å². The van der Waals surface area contributed by atoms with E-state index in [4.69, 9.17) is 5.73 Å². The third kappa shape index (κ3) is 3.33. The highest BCUT2D eigenvalue weighted by atomic mass is 16.3. The fourth-order valence-corrected chi connectivity index (χ4v) is 1.59. The predicted octanol–water partition coefficient (Wildman–Crippen LogP) is 2.05. The molecule has 3 N–H and O–H groups in total. The van der Waals surface area contributed by atoms with E-state index in [2.05, 4.69) is 26.0 Å². The van der Waals surface area contributed by atoms with E-state index in [1.807, 2.05) is 12.1 Å². The van der Waals surface area contributed by atoms with Gasteiger partial charge < -0.3 is 10.8 Å². The molecule has 0 aromatic heterocycles. The second-order valence-corrected chi connectivity index (χ2v) is 4.77. The molecule has 0 aliphatic carbocycles. The van der Waals surface area contributed by atoms with Crippen molar-refractivity contribution in [2.24, 2.45) is 11.7 Å². The maximum absolute atomic E-state index is 9.94. The Bertz CT molecular complexity index is 301. The average Bonchev–Trinajstić information content (AvgIpc) is 2.18. The van der Waals surface area contributed by atoms with Crippen LogP contribution < -0.4 is 5.73 Å². The molecule has 0 heterocycles. The lowest BCUT2D eigenvalue weighted by Gasteiger charge is -2.21. The van der Waals surface area contributed by atoms with Gasteiger partial charge in [-0.1, -0.05) is 38.1 Å². The second-order valence-electron chi connectivity index (χ2n) is 4.77. The van der Waals surface area contributed by atoms with Crippen molar-refractivity contribution in [3.8, 4) is 0 Å². The van der Waals surface area contributed by atoms with Gasteiger partial charge in [-0.25, -0.2) is 0 Å². The van der Waals surface area contributed by atoms with E-state index < -0.39 is 5.60 Å². The number of hydrogen-bond donors (Lipinski definition) is 2. The topological polar surface area (TPSA) is 46.2 Å². The smallest absolute Gasteiger partial charge is 0.0990 e. The Hall–Kier alpha value is -0.860. The van der Waals surface area contributed by atoms with Crippen LogP contribution in [0.4, 0.5) is 0 Å². The molecule has 1 aromatic rings. The molecule has 1 rings (SSSR count). The summed E-state index contributed by atoms with van der Waals surface area (Å²) in [5, 5.41) is 9.94. The first-order valence-corrected chi connectivity index (χ1v) is 5.47. The van der Waals surface area contributed by atoms with Gasteiger partial charge in [0.05, 0.1) is 5.60 Å². The Kier molecular flexibility index (Phi) is 3.89. The summed E-state index contributed by atoms with van der Waals surface area (Å²) in [5.41, 5.74) is 6.79. The summed E-state index contributed by atoms with van der Waals surface area (Å²) in [6, 6.07) is 8.06. The summed E-state index contributed by atoms with van der Waals surface area (Å²) in [4.78, 5) is 0. The van der Waals surface area contributed by atoms with Gasteiger partial charge in [-0.05, 0) is 30.4 Å². The molecule has 2 nitrogen and oxygen atoms in total. The van der Waals surface area contributed by atoms with Crippen molar-refractivity contribution in [3.05, 3.63) is 35.4 Å². The van der Waals surface area contributed by atoms with Gasteiger partial charge in [0.2, 0.25) is 0 Å². The van der Waals surface area contributed by atoms with E-state index in [0.717, 1.165) is 12.0 Å². The van der Waals surface area contributed by atoms with Crippen molar-refractivity contribution < 1.29 is 5.11 Å². The Morgan fingerprint density at radius 1 is 1.27 bits per heavy atom. The number of benzene rings is 1. The summed E-state index contributed by atoms with van der Waals surface area (Å²) in [7, 11) is 0. The summed E-state index contributed by atoms with van der Waals surface area (Å²) < 4.78 is 0. The third-order valence-corrected chi connectivity index (χ3v) is 2.62. The van der Waals surface area contributed by atoms with Crippen molar-refractivity contribution in [1.82, 2.24) is 0 Å². The maximum Gasteiger partial charge on any atom is 0.0990 e. The molecule has 0 bridgehead atoms. The molecule has 0 radical (unpaired) electrons. The predicted molar refractivity (Wildman–Crippen MR) is 63.6 cm³/mol. The molecule has 2 heteroatoms. The number of hydrogen-bond acceptors (Lipinski definition) is 2. The van der Waals surface area contributed by atoms with Crippen LogP contribution in [0.1, 0.15) is 31.9 Å². The van der Waals surface area contributed by atoms with Gasteiger partial charge in [-0.2, -0.15) is 0 Å². The van der Waals surface area contributed by atoms with Crippen molar-refractivity contribution in [1.29, 1.82) is 0 Å². The summed E-state index contributed by atoms with van der Waals surface area (Å²) in [6.07, 6.45) is 1.07. The molecule has 0 saturated heterocycles. The molecule has 1 unspecified atom stereocenters. The van der Waals surface area contributed by atoms with Crippen molar-refractivity contribution in [2.45, 2.75) is 32.8 Å². The summed E-state index contributed by atoms with van der Waals surface area (Å²) >= 11 is 0. The number of rotatable bonds is 4. The monoisotopic (exact) mass is 207 g/mol. The molecule has 15 heavy (non-hydrogen) atoms. The Balaban J connectivity index is 2.81. The van der Waals surface area contributed by atoms with Gasteiger partial charge in [0.25, 0.3) is 0 Å². The standard InChI is InChI=1S/C13H21NO/c1-10(2)8-11-4-6-12(7-5-11)13(3,15)9-14/h4-7,10,15H,8-9,14H2,1-3H3. The average molecular weight is 207 g/mol. The molecule has 0 fully saturated rings. The molecule has 0 aliphatic heterocycles. The minimum atomic E-state index is -0.906. The third-order valence-electron chi connectivity index (χ3n) is 2.62. The van der Waals surface area contributed by atoms with E-state index in [0.29, 0.717) is 5.92 Å². The van der Waals surface area contributed by atoms with E-state index in [9.17, 15) is 5.11 Å². The first kappa shape index (κ1) is 12.2. The van der Waals surface area contributed by atoms with E-state index in [-0.39, 0.29) is 6.54 Å². The number of nitrogens with two attached hydrogens (primary N) is 1. The zero-order chi connectivity index (χ0) is 11.5. The molecule has 0 saturated carbocycles. The van der Waals surface area contributed by atoms with Crippen LogP contribution in [0, 0.1) is 5.92 Å². The molecule has 1 atom stereocenters. The highest BCUT2D eigenvalue weighted by Crippen LogP contribution is 2.20. The molecule has 1 aromatic carbocycles. The Labute approximate surface area is 92.1 Å². The molecular weight excluding hydrogens is 186 g/mol. The van der Waals surface area contributed by atoms with Crippen molar-refractivity contribution in [3.63, 3.8) is 0 Å². The zero-order valence-electron chi connectivity index (χ0n) is 9.83. The Morgan fingerprint density at radius 3 is 2.20 bits per heavy atom. The van der Waals surface area contributed by atoms with Crippen LogP contribution in [-0.2, 0) is 12.0 Å². The van der Waals surface area contributed by atoms with Gasteiger partial charge in [0.15, 0.2) is 0 Å². The van der Waals surface area contributed by atoms with E-state index >= 15 is 0 Å². The van der Waals surface area contributed by atoms with Gasteiger partial charge in [0.1, 0.15) is 0 Å². The first-order chi connectivity index (χ1) is 6.95. The lowest BCUT2D eigenvalue weighted by molar-refractivity contribution is 0.0668. The van der Waals surface area contributed by atoms with Crippen LogP contribution in [0.25, 0.3) is 0 Å². The van der Waals surface area contributed by atoms with Crippen molar-refractivity contribution >= 4 is 0 Å². The van der Waals surface area contributed by atoms with Crippen LogP contribution in [-0.4, -0.2) is 11.7 Å². The molecule has 0 amide bonds. The van der Waals surface area contributed by atoms with Crippen LogP contribution in [0.3, 0.4) is 0 Å². The van der Waals surface area contributed by atoms with Crippen LogP contribution >= 0.6 is 0 Å². The van der Waals surface area contributed by atoms with Gasteiger partial charge in [0, 0.05) is 6.54 Å². The minimum Gasteiger partial charge on any atom is -0.384 e. The summed E-state index contributed by atoms with van der Waals surface area (Å²) in [5.74, 6) is 0.658. The molecule has 0 spiro atoms. The lowest BCUT2D eigenvalue weighted by atomic mass is 9.93. The van der Waals surface area contributed by atoms with Gasteiger partial charge >= 0.3 is 0 Å². The normalized spacial score (nSPS) is 15.3. The Morgan fingerprint density at radius 2 is 1.80 bits per heavy atom. The zero-order valence-corrected chi connectivity index (χ0v) is 9.83. The van der Waals surface area contributed by atoms with Crippen LogP contribution in [0.2, 0.25) is 0 Å². The highest BCUT2D eigenvalue weighted by molar-refractivity contribution is 5.27.